The van der Waals surface area contributed by atoms with Crippen molar-refractivity contribution in [2.24, 2.45) is 5.92 Å². The second kappa shape index (κ2) is 18.6. The van der Waals surface area contributed by atoms with E-state index in [1.165, 1.54) is 0 Å². The van der Waals surface area contributed by atoms with Crippen molar-refractivity contribution >= 4 is 23.9 Å². The number of carbonyl (C=O) groups excluding carboxylic acids is 4. The Labute approximate surface area is 292 Å². The van der Waals surface area contributed by atoms with Crippen LogP contribution in [-0.4, -0.2) is 71.8 Å². The molecule has 3 amide bonds. The van der Waals surface area contributed by atoms with E-state index in [0.29, 0.717) is 26.0 Å². The summed E-state index contributed by atoms with van der Waals surface area (Å²) in [5.41, 5.74) is 2.80. The maximum atomic E-state index is 13.7. The molecule has 0 spiro atoms. The molecule has 3 N–H and O–H groups in total. The molecular weight excluding hydrogens is 638 g/mol. The number of carbonyl (C=O) groups is 4. The molecule has 1 saturated heterocycles. The third-order valence-corrected chi connectivity index (χ3v) is 8.85. The highest BCUT2D eigenvalue weighted by Gasteiger charge is 2.35. The molecule has 11 heteroatoms. The van der Waals surface area contributed by atoms with Gasteiger partial charge in [0.2, 0.25) is 11.8 Å². The first-order valence-corrected chi connectivity index (χ1v) is 17.1. The fraction of sp³-hybridized carbons (Fsp3) is 0.385. The van der Waals surface area contributed by atoms with Gasteiger partial charge in [-0.25, -0.2) is 9.59 Å². The minimum Gasteiger partial charge on any atom is -0.489 e. The zero-order valence-corrected chi connectivity index (χ0v) is 28.1. The number of hydrogen-bond acceptors (Lipinski definition) is 8. The van der Waals surface area contributed by atoms with Crippen molar-refractivity contribution in [2.45, 2.75) is 69.9 Å². The maximum absolute atomic E-state index is 13.7. The molecule has 2 aliphatic heterocycles. The van der Waals surface area contributed by atoms with E-state index in [1.807, 2.05) is 84.9 Å². The summed E-state index contributed by atoms with van der Waals surface area (Å²) in [6.07, 6.45) is 4.86. The molecule has 50 heavy (non-hydrogen) atoms. The first kappa shape index (κ1) is 36.1. The molecule has 0 aliphatic carbocycles. The summed E-state index contributed by atoms with van der Waals surface area (Å²) in [7, 11) is 0. The summed E-state index contributed by atoms with van der Waals surface area (Å²) in [6, 6.07) is 24.8. The number of ether oxygens (including phenoxy) is 3. The van der Waals surface area contributed by atoms with Gasteiger partial charge in [-0.15, -0.1) is 0 Å². The number of amides is 3. The van der Waals surface area contributed by atoms with Gasteiger partial charge in [0.05, 0.1) is 24.6 Å². The van der Waals surface area contributed by atoms with Gasteiger partial charge in [-0.2, -0.15) is 0 Å². The Morgan fingerprint density at radius 1 is 0.880 bits per heavy atom. The van der Waals surface area contributed by atoms with E-state index in [0.717, 1.165) is 28.9 Å². The predicted molar refractivity (Wildman–Crippen MR) is 186 cm³/mol. The molecular formula is C39H45N3O8. The Kier molecular flexibility index (Phi) is 13.4. The average molecular weight is 684 g/mol. The van der Waals surface area contributed by atoms with E-state index in [4.69, 9.17) is 14.2 Å². The summed E-state index contributed by atoms with van der Waals surface area (Å²) < 4.78 is 16.7. The molecule has 4 unspecified atom stereocenters. The number of fused-ring (bicyclic) bond motifs is 1. The van der Waals surface area contributed by atoms with Crippen LogP contribution >= 0.6 is 0 Å². The first-order valence-electron chi connectivity index (χ1n) is 17.1. The van der Waals surface area contributed by atoms with E-state index in [-0.39, 0.29) is 56.9 Å². The number of aliphatic hydroxyl groups excluding tert-OH is 1. The van der Waals surface area contributed by atoms with E-state index < -0.39 is 30.1 Å². The molecule has 0 radical (unpaired) electrons. The van der Waals surface area contributed by atoms with Gasteiger partial charge in [-0.3, -0.25) is 9.59 Å². The lowest BCUT2D eigenvalue weighted by molar-refractivity contribution is -0.150. The zero-order valence-electron chi connectivity index (χ0n) is 28.1. The van der Waals surface area contributed by atoms with Crippen molar-refractivity contribution in [3.05, 3.63) is 114 Å². The van der Waals surface area contributed by atoms with Crippen LogP contribution in [0.5, 0.6) is 5.75 Å². The van der Waals surface area contributed by atoms with Crippen LogP contribution in [0.25, 0.3) is 0 Å². The number of aliphatic hydroxyl groups is 1. The molecule has 2 heterocycles. The van der Waals surface area contributed by atoms with Crippen LogP contribution in [0.2, 0.25) is 0 Å². The number of alkyl carbamates (subject to hydrolysis) is 1. The number of nitrogens with zero attached hydrogens (tertiary/aromatic N) is 1. The van der Waals surface area contributed by atoms with Crippen LogP contribution in [0.15, 0.2) is 97.1 Å². The molecule has 264 valence electrons. The SMILES string of the molecule is O=C(CC1CC=CCC(NC(=O)OCc2ccccc2)C(=O)OCC2CCCN2C1=O)NC(CO)Cc1ccc(OCc2ccccc2)cc1. The second-order valence-corrected chi connectivity index (χ2v) is 12.6. The number of benzene rings is 3. The fourth-order valence-corrected chi connectivity index (χ4v) is 6.12. The minimum absolute atomic E-state index is 0.00683. The fourth-order valence-electron chi connectivity index (χ4n) is 6.12. The van der Waals surface area contributed by atoms with Crippen LogP contribution in [0, 0.1) is 5.92 Å². The highest BCUT2D eigenvalue weighted by atomic mass is 16.6. The van der Waals surface area contributed by atoms with Gasteiger partial charge < -0.3 is 34.9 Å². The molecule has 4 atom stereocenters. The van der Waals surface area contributed by atoms with Crippen molar-refractivity contribution in [3.8, 4) is 5.75 Å². The molecule has 5 rings (SSSR count). The van der Waals surface area contributed by atoms with Gasteiger partial charge in [-0.1, -0.05) is 84.9 Å². The lowest BCUT2D eigenvalue weighted by Crippen LogP contribution is -2.46. The van der Waals surface area contributed by atoms with Gasteiger partial charge in [0.1, 0.15) is 31.6 Å². The number of hydrogen-bond donors (Lipinski definition) is 3. The van der Waals surface area contributed by atoms with Crippen LogP contribution in [-0.2, 0) is 43.5 Å². The van der Waals surface area contributed by atoms with Crippen molar-refractivity contribution in [1.29, 1.82) is 0 Å². The van der Waals surface area contributed by atoms with Gasteiger partial charge in [-0.05, 0) is 60.9 Å². The molecule has 11 nitrogen and oxygen atoms in total. The van der Waals surface area contributed by atoms with E-state index in [2.05, 4.69) is 10.6 Å². The quantitative estimate of drug-likeness (QED) is 0.188. The normalized spacial score (nSPS) is 20.0. The second-order valence-electron chi connectivity index (χ2n) is 12.6. The molecule has 0 aromatic heterocycles. The monoisotopic (exact) mass is 683 g/mol. The third kappa shape index (κ3) is 10.9. The predicted octanol–water partition coefficient (Wildman–Crippen LogP) is 4.47. The Morgan fingerprint density at radius 3 is 2.26 bits per heavy atom. The number of rotatable bonds is 12. The first-order chi connectivity index (χ1) is 24.4. The Morgan fingerprint density at radius 2 is 1.56 bits per heavy atom. The largest absolute Gasteiger partial charge is 0.489 e. The zero-order chi connectivity index (χ0) is 35.1. The van der Waals surface area contributed by atoms with Crippen molar-refractivity contribution < 1.29 is 38.5 Å². The number of nitrogens with one attached hydrogen (secondary N) is 2. The summed E-state index contributed by atoms with van der Waals surface area (Å²) in [6.45, 7) is 0.738. The van der Waals surface area contributed by atoms with Crippen LogP contribution in [0.3, 0.4) is 0 Å². The van der Waals surface area contributed by atoms with Gasteiger partial charge in [0.25, 0.3) is 0 Å². The van der Waals surface area contributed by atoms with E-state index in [9.17, 15) is 24.3 Å². The standard InChI is InChI=1S/C39H45N3O8/c43-24-32(22-28-17-19-34(20-18-28)48-25-29-10-3-1-4-11-29)40-36(44)23-31-14-7-8-16-35(41-39(47)50-26-30-12-5-2-6-13-30)38(46)49-27-33-15-9-21-42(33)37(31)45/h1-8,10-13,17-20,31-33,35,43H,9,14-16,21-27H2,(H,40,44)(H,41,47). The molecule has 3 aromatic carbocycles. The van der Waals surface area contributed by atoms with Gasteiger partial charge in [0, 0.05) is 13.0 Å². The third-order valence-electron chi connectivity index (χ3n) is 8.85. The van der Waals surface area contributed by atoms with E-state index in [1.54, 1.807) is 17.1 Å². The summed E-state index contributed by atoms with van der Waals surface area (Å²) in [5, 5.41) is 15.6. The van der Waals surface area contributed by atoms with Crippen LogP contribution in [0.1, 0.15) is 48.8 Å². The van der Waals surface area contributed by atoms with Gasteiger partial charge in [0.15, 0.2) is 0 Å². The van der Waals surface area contributed by atoms with E-state index >= 15 is 0 Å². The van der Waals surface area contributed by atoms with Crippen molar-refractivity contribution in [2.75, 3.05) is 19.8 Å². The summed E-state index contributed by atoms with van der Waals surface area (Å²) >= 11 is 0. The van der Waals surface area contributed by atoms with Crippen LogP contribution in [0.4, 0.5) is 4.79 Å². The number of allylic oxidation sites excluding steroid dienone is 1. The van der Waals surface area contributed by atoms with Gasteiger partial charge >= 0.3 is 12.1 Å². The molecule has 0 bridgehead atoms. The highest BCUT2D eigenvalue weighted by molar-refractivity contribution is 5.86. The molecule has 0 saturated carbocycles. The highest BCUT2D eigenvalue weighted by Crippen LogP contribution is 2.25. The Hall–Kier alpha value is -5.16. The summed E-state index contributed by atoms with van der Waals surface area (Å²) in [4.78, 5) is 54.2. The number of cyclic esters (lactones) is 1. The minimum atomic E-state index is -0.976. The smallest absolute Gasteiger partial charge is 0.408 e. The Balaban J connectivity index is 1.16. The summed E-state index contributed by atoms with van der Waals surface area (Å²) in [5.74, 6) is -1.05. The van der Waals surface area contributed by atoms with Crippen molar-refractivity contribution in [3.63, 3.8) is 0 Å². The molecule has 1 fully saturated rings. The topological polar surface area (TPSA) is 143 Å². The molecule has 3 aromatic rings. The molecule has 2 aliphatic rings. The van der Waals surface area contributed by atoms with Crippen LogP contribution < -0.4 is 15.4 Å². The number of esters is 1. The average Bonchev–Trinajstić information content (AvgIpc) is 3.62. The maximum Gasteiger partial charge on any atom is 0.408 e. The lowest BCUT2D eigenvalue weighted by atomic mass is 9.97. The Bertz CT molecular complexity index is 1580. The lowest BCUT2D eigenvalue weighted by Gasteiger charge is -2.29. The van der Waals surface area contributed by atoms with Crippen molar-refractivity contribution in [1.82, 2.24) is 15.5 Å².